The van der Waals surface area contributed by atoms with Crippen LogP contribution in [0.2, 0.25) is 0 Å². The second kappa shape index (κ2) is 5.91. The number of aryl methyl sites for hydroxylation is 1. The lowest BCUT2D eigenvalue weighted by Crippen LogP contribution is -2.01. The van der Waals surface area contributed by atoms with Crippen molar-refractivity contribution in [2.45, 2.75) is 33.1 Å². The molecule has 2 aromatic heterocycles. The number of rotatable bonds is 5. The standard InChI is InChI=1S/C21H22N2O3S/c1-11-16-14(10-15-17(16)21(15,2)3)18(27-11)20-22-19(23-26-20)12-4-6-13(7-5-12)25-9-8-24/h4-7,15,17,24H,8-10H2,1-3H3/t15-,17-/m1/s1. The van der Waals surface area contributed by atoms with Crippen LogP contribution >= 0.6 is 11.3 Å². The molecule has 3 aromatic rings. The van der Waals surface area contributed by atoms with E-state index in [4.69, 9.17) is 14.4 Å². The molecule has 0 unspecified atom stereocenters. The van der Waals surface area contributed by atoms with E-state index in [1.807, 2.05) is 24.3 Å². The third kappa shape index (κ3) is 2.54. The Morgan fingerprint density at radius 1 is 1.30 bits per heavy atom. The molecule has 0 aliphatic heterocycles. The lowest BCUT2D eigenvalue weighted by Gasteiger charge is -2.08. The molecule has 27 heavy (non-hydrogen) atoms. The molecule has 0 spiro atoms. The third-order valence-corrected chi connectivity index (χ3v) is 7.26. The minimum atomic E-state index is -0.000593. The first-order valence-electron chi connectivity index (χ1n) is 9.31. The number of benzene rings is 1. The number of aromatic nitrogens is 2. The summed E-state index contributed by atoms with van der Waals surface area (Å²) in [5.74, 6) is 3.39. The SMILES string of the molecule is Cc1sc(-c2nc(-c3ccc(OCCO)cc3)no2)c2c1[C@H]1[C@@H](C2)C1(C)C. The summed E-state index contributed by atoms with van der Waals surface area (Å²) in [7, 11) is 0. The van der Waals surface area contributed by atoms with Crippen molar-refractivity contribution >= 4 is 11.3 Å². The first-order chi connectivity index (χ1) is 13.0. The largest absolute Gasteiger partial charge is 0.491 e. The van der Waals surface area contributed by atoms with Crippen molar-refractivity contribution < 1.29 is 14.4 Å². The Kier molecular flexibility index (Phi) is 3.71. The van der Waals surface area contributed by atoms with E-state index < -0.39 is 0 Å². The van der Waals surface area contributed by atoms with Crippen LogP contribution in [0.15, 0.2) is 28.8 Å². The zero-order chi connectivity index (χ0) is 18.8. The van der Waals surface area contributed by atoms with Crippen LogP contribution in [0, 0.1) is 18.3 Å². The summed E-state index contributed by atoms with van der Waals surface area (Å²) in [5, 5.41) is 13.0. The van der Waals surface area contributed by atoms with Gasteiger partial charge in [-0.25, -0.2) is 0 Å². The molecule has 1 aromatic carbocycles. The molecule has 0 radical (unpaired) electrons. The van der Waals surface area contributed by atoms with Crippen LogP contribution in [0.1, 0.15) is 35.8 Å². The summed E-state index contributed by atoms with van der Waals surface area (Å²) in [5.41, 5.74) is 4.29. The van der Waals surface area contributed by atoms with E-state index in [0.29, 0.717) is 28.8 Å². The molecule has 2 aliphatic rings. The molecule has 0 bridgehead atoms. The summed E-state index contributed by atoms with van der Waals surface area (Å²) in [4.78, 5) is 7.20. The summed E-state index contributed by atoms with van der Waals surface area (Å²) < 4.78 is 11.0. The normalized spacial score (nSPS) is 21.8. The Balaban J connectivity index is 1.43. The molecule has 0 amide bonds. The molecule has 1 saturated carbocycles. The number of hydrogen-bond donors (Lipinski definition) is 1. The molecule has 140 valence electrons. The molecule has 2 atom stereocenters. The highest BCUT2D eigenvalue weighted by Gasteiger charge is 2.63. The molecule has 5 nitrogen and oxygen atoms in total. The highest BCUT2D eigenvalue weighted by atomic mass is 32.1. The second-order valence-electron chi connectivity index (χ2n) is 8.01. The van der Waals surface area contributed by atoms with Gasteiger partial charge in [-0.1, -0.05) is 19.0 Å². The van der Waals surface area contributed by atoms with E-state index in [-0.39, 0.29) is 13.2 Å². The number of aliphatic hydroxyl groups is 1. The van der Waals surface area contributed by atoms with Crippen molar-refractivity contribution in [2.24, 2.45) is 11.3 Å². The summed E-state index contributed by atoms with van der Waals surface area (Å²) in [6.45, 7) is 7.25. The average molecular weight is 382 g/mol. The van der Waals surface area contributed by atoms with Crippen molar-refractivity contribution in [1.82, 2.24) is 10.1 Å². The van der Waals surface area contributed by atoms with Gasteiger partial charge in [0, 0.05) is 10.4 Å². The van der Waals surface area contributed by atoms with Crippen molar-refractivity contribution in [3.8, 4) is 27.9 Å². The minimum absolute atomic E-state index is 0.000593. The fourth-order valence-electron chi connectivity index (χ4n) is 4.60. The van der Waals surface area contributed by atoms with Crippen molar-refractivity contribution in [3.63, 3.8) is 0 Å². The highest BCUT2D eigenvalue weighted by molar-refractivity contribution is 7.15. The molecule has 2 aliphatic carbocycles. The molecule has 0 saturated heterocycles. The van der Waals surface area contributed by atoms with Gasteiger partial charge in [0.05, 0.1) is 11.5 Å². The molecular formula is C21H22N2O3S. The van der Waals surface area contributed by atoms with Gasteiger partial charge in [-0.15, -0.1) is 11.3 Å². The van der Waals surface area contributed by atoms with Crippen LogP contribution in [-0.4, -0.2) is 28.5 Å². The van der Waals surface area contributed by atoms with E-state index in [1.54, 1.807) is 11.3 Å². The maximum absolute atomic E-state index is 8.83. The molecule has 5 rings (SSSR count). The summed E-state index contributed by atoms with van der Waals surface area (Å²) in [6, 6.07) is 7.51. The quantitative estimate of drug-likeness (QED) is 0.706. The zero-order valence-corrected chi connectivity index (χ0v) is 16.5. The van der Waals surface area contributed by atoms with Crippen LogP contribution in [0.5, 0.6) is 5.75 Å². The van der Waals surface area contributed by atoms with Gasteiger partial charge >= 0.3 is 0 Å². The molecule has 2 heterocycles. The monoisotopic (exact) mass is 382 g/mol. The van der Waals surface area contributed by atoms with Crippen LogP contribution < -0.4 is 4.74 Å². The Bertz CT molecular complexity index is 1000. The van der Waals surface area contributed by atoms with Gasteiger partial charge in [0.25, 0.3) is 5.89 Å². The fraction of sp³-hybridized carbons (Fsp3) is 0.429. The second-order valence-corrected chi connectivity index (χ2v) is 9.23. The number of thiophene rings is 1. The van der Waals surface area contributed by atoms with E-state index >= 15 is 0 Å². The van der Waals surface area contributed by atoms with Crippen LogP contribution in [0.4, 0.5) is 0 Å². The van der Waals surface area contributed by atoms with E-state index in [1.165, 1.54) is 16.0 Å². The summed E-state index contributed by atoms with van der Waals surface area (Å²) >= 11 is 1.78. The van der Waals surface area contributed by atoms with Crippen molar-refractivity contribution in [2.75, 3.05) is 13.2 Å². The topological polar surface area (TPSA) is 68.4 Å². The van der Waals surface area contributed by atoms with Crippen LogP contribution in [-0.2, 0) is 6.42 Å². The summed E-state index contributed by atoms with van der Waals surface area (Å²) in [6.07, 6.45) is 1.13. The number of nitrogens with zero attached hydrogens (tertiary/aromatic N) is 2. The van der Waals surface area contributed by atoms with Crippen LogP contribution in [0.3, 0.4) is 0 Å². The van der Waals surface area contributed by atoms with Gasteiger partial charge in [0.1, 0.15) is 12.4 Å². The Labute approximate surface area is 162 Å². The number of aliphatic hydroxyl groups excluding tert-OH is 1. The Hall–Kier alpha value is -2.18. The van der Waals surface area contributed by atoms with Gasteiger partial charge in [-0.05, 0) is 66.0 Å². The minimum Gasteiger partial charge on any atom is -0.491 e. The number of hydrogen-bond acceptors (Lipinski definition) is 6. The van der Waals surface area contributed by atoms with E-state index in [2.05, 4.69) is 30.9 Å². The number of ether oxygens (including phenoxy) is 1. The smallest absolute Gasteiger partial charge is 0.268 e. The molecule has 6 heteroatoms. The fourth-order valence-corrected chi connectivity index (χ4v) is 5.75. The van der Waals surface area contributed by atoms with Crippen molar-refractivity contribution in [1.29, 1.82) is 0 Å². The highest BCUT2D eigenvalue weighted by Crippen LogP contribution is 2.72. The van der Waals surface area contributed by atoms with E-state index in [9.17, 15) is 0 Å². The first-order valence-corrected chi connectivity index (χ1v) is 10.1. The van der Waals surface area contributed by atoms with Crippen molar-refractivity contribution in [3.05, 3.63) is 40.3 Å². The maximum atomic E-state index is 8.83. The van der Waals surface area contributed by atoms with Gasteiger partial charge in [0.2, 0.25) is 5.82 Å². The zero-order valence-electron chi connectivity index (χ0n) is 15.7. The van der Waals surface area contributed by atoms with Gasteiger partial charge in [0.15, 0.2) is 0 Å². The molecular weight excluding hydrogens is 360 g/mol. The average Bonchev–Trinajstić information content (AvgIpc) is 3.16. The lowest BCUT2D eigenvalue weighted by atomic mass is 9.95. The maximum Gasteiger partial charge on any atom is 0.268 e. The Morgan fingerprint density at radius 2 is 2.07 bits per heavy atom. The first kappa shape index (κ1) is 17.0. The van der Waals surface area contributed by atoms with E-state index in [0.717, 1.165) is 22.8 Å². The van der Waals surface area contributed by atoms with Gasteiger partial charge in [-0.2, -0.15) is 4.98 Å². The predicted octanol–water partition coefficient (Wildman–Crippen LogP) is 4.44. The van der Waals surface area contributed by atoms with Gasteiger partial charge < -0.3 is 14.4 Å². The third-order valence-electron chi connectivity index (χ3n) is 6.11. The predicted molar refractivity (Wildman–Crippen MR) is 104 cm³/mol. The van der Waals surface area contributed by atoms with Crippen LogP contribution in [0.25, 0.3) is 22.2 Å². The molecule has 1 N–H and O–H groups in total. The number of fused-ring (bicyclic) bond motifs is 3. The Morgan fingerprint density at radius 3 is 2.81 bits per heavy atom. The molecule has 1 fully saturated rings. The lowest BCUT2D eigenvalue weighted by molar-refractivity contribution is 0.201. The van der Waals surface area contributed by atoms with Gasteiger partial charge in [-0.3, -0.25) is 0 Å².